The Morgan fingerprint density at radius 1 is 1.32 bits per heavy atom. The summed E-state index contributed by atoms with van der Waals surface area (Å²) in [5, 5.41) is 3.92. The molecule has 7 heteroatoms. The van der Waals surface area contributed by atoms with Crippen LogP contribution in [-0.2, 0) is 11.3 Å². The summed E-state index contributed by atoms with van der Waals surface area (Å²) in [4.78, 5) is 29.7. The molecule has 0 saturated carbocycles. The van der Waals surface area contributed by atoms with E-state index < -0.39 is 0 Å². The highest BCUT2D eigenvalue weighted by Gasteiger charge is 2.32. The van der Waals surface area contributed by atoms with Crippen molar-refractivity contribution in [1.82, 2.24) is 19.4 Å². The number of hydrogen-bond acceptors (Lipinski definition) is 5. The molecule has 1 saturated heterocycles. The molecule has 1 aliphatic heterocycles. The summed E-state index contributed by atoms with van der Waals surface area (Å²) in [5.41, 5.74) is 1.76. The molecular weight excluding hydrogens is 336 g/mol. The van der Waals surface area contributed by atoms with Crippen LogP contribution in [0.25, 0.3) is 0 Å². The van der Waals surface area contributed by atoms with Gasteiger partial charge in [0, 0.05) is 32.1 Å². The van der Waals surface area contributed by atoms with Crippen molar-refractivity contribution < 1.29 is 9.59 Å². The number of nitrogens with zero attached hydrogens (tertiary/aromatic N) is 4. The number of rotatable bonds is 4. The van der Waals surface area contributed by atoms with Gasteiger partial charge in [-0.3, -0.25) is 9.59 Å². The third-order valence-electron chi connectivity index (χ3n) is 4.59. The average Bonchev–Trinajstić information content (AvgIpc) is 2.99. The van der Waals surface area contributed by atoms with E-state index in [2.05, 4.69) is 16.5 Å². The van der Waals surface area contributed by atoms with Crippen LogP contribution in [0, 0.1) is 6.92 Å². The highest BCUT2D eigenvalue weighted by molar-refractivity contribution is 7.07. The van der Waals surface area contributed by atoms with Gasteiger partial charge in [0.15, 0.2) is 0 Å². The standard InChI is InChI=1S/C18H22N4O2S/c1-3-15-12-21(18(24)17-13(2)19-20-25-17)10-9-16(23)22(15)11-14-7-5-4-6-8-14/h4-8,15H,3,9-12H2,1-2H3/t15-/m0/s1. The zero-order valence-corrected chi connectivity index (χ0v) is 15.3. The molecule has 0 radical (unpaired) electrons. The molecule has 2 aromatic rings. The van der Waals surface area contributed by atoms with Crippen LogP contribution in [0.4, 0.5) is 0 Å². The Hall–Kier alpha value is -2.28. The molecule has 1 aromatic heterocycles. The first-order valence-corrected chi connectivity index (χ1v) is 9.29. The van der Waals surface area contributed by atoms with E-state index in [0.29, 0.717) is 36.6 Å². The summed E-state index contributed by atoms with van der Waals surface area (Å²) >= 11 is 1.12. The molecule has 2 heterocycles. The first-order valence-electron chi connectivity index (χ1n) is 8.51. The van der Waals surface area contributed by atoms with E-state index in [1.165, 1.54) is 0 Å². The lowest BCUT2D eigenvalue weighted by Gasteiger charge is -2.31. The molecule has 0 N–H and O–H groups in total. The van der Waals surface area contributed by atoms with Crippen molar-refractivity contribution in [3.8, 4) is 0 Å². The van der Waals surface area contributed by atoms with Gasteiger partial charge >= 0.3 is 0 Å². The molecule has 0 unspecified atom stereocenters. The second kappa shape index (κ2) is 7.74. The molecule has 0 spiro atoms. The van der Waals surface area contributed by atoms with Crippen molar-refractivity contribution in [2.24, 2.45) is 0 Å². The monoisotopic (exact) mass is 358 g/mol. The predicted octanol–water partition coefficient (Wildman–Crippen LogP) is 2.50. The number of amides is 2. The molecule has 3 rings (SSSR count). The fraction of sp³-hybridized carbons (Fsp3) is 0.444. The van der Waals surface area contributed by atoms with Gasteiger partial charge in [-0.05, 0) is 30.4 Å². The Bertz CT molecular complexity index is 747. The lowest BCUT2D eigenvalue weighted by Crippen LogP contribution is -2.43. The van der Waals surface area contributed by atoms with E-state index in [4.69, 9.17) is 0 Å². The summed E-state index contributed by atoms with van der Waals surface area (Å²) in [6.07, 6.45) is 1.16. The Labute approximate surface area is 151 Å². The summed E-state index contributed by atoms with van der Waals surface area (Å²) in [5.74, 6) is 0.0328. The molecule has 2 amide bonds. The van der Waals surface area contributed by atoms with Gasteiger partial charge in [-0.2, -0.15) is 0 Å². The maximum absolute atomic E-state index is 12.8. The van der Waals surface area contributed by atoms with Crippen LogP contribution in [0.2, 0.25) is 0 Å². The molecule has 1 fully saturated rings. The van der Waals surface area contributed by atoms with Crippen LogP contribution in [-0.4, -0.2) is 50.3 Å². The van der Waals surface area contributed by atoms with Gasteiger partial charge in [0.25, 0.3) is 5.91 Å². The zero-order chi connectivity index (χ0) is 17.8. The number of carbonyl (C=O) groups excluding carboxylic acids is 2. The van der Waals surface area contributed by atoms with Gasteiger partial charge < -0.3 is 9.80 Å². The van der Waals surface area contributed by atoms with Crippen LogP contribution in [0.3, 0.4) is 0 Å². The number of aryl methyl sites for hydroxylation is 1. The van der Waals surface area contributed by atoms with Gasteiger partial charge in [0.05, 0.1) is 5.69 Å². The van der Waals surface area contributed by atoms with Crippen molar-refractivity contribution in [3.05, 3.63) is 46.5 Å². The van der Waals surface area contributed by atoms with Gasteiger partial charge in [-0.15, -0.1) is 5.10 Å². The van der Waals surface area contributed by atoms with E-state index in [1.807, 2.05) is 35.2 Å². The Morgan fingerprint density at radius 2 is 2.08 bits per heavy atom. The fourth-order valence-corrected chi connectivity index (χ4v) is 3.75. The molecule has 6 nitrogen and oxygen atoms in total. The third kappa shape index (κ3) is 3.87. The lowest BCUT2D eigenvalue weighted by atomic mass is 10.1. The quantitative estimate of drug-likeness (QED) is 0.842. The van der Waals surface area contributed by atoms with E-state index in [9.17, 15) is 9.59 Å². The number of carbonyl (C=O) groups is 2. The van der Waals surface area contributed by atoms with Gasteiger partial charge in [-0.1, -0.05) is 41.7 Å². The molecule has 0 aliphatic carbocycles. The van der Waals surface area contributed by atoms with Crippen molar-refractivity contribution in [3.63, 3.8) is 0 Å². The van der Waals surface area contributed by atoms with Crippen molar-refractivity contribution >= 4 is 23.3 Å². The predicted molar refractivity (Wildman–Crippen MR) is 96.2 cm³/mol. The van der Waals surface area contributed by atoms with Crippen molar-refractivity contribution in [2.75, 3.05) is 13.1 Å². The summed E-state index contributed by atoms with van der Waals surface area (Å²) in [6, 6.07) is 10.00. The summed E-state index contributed by atoms with van der Waals surface area (Å²) in [6.45, 7) is 5.42. The van der Waals surface area contributed by atoms with E-state index in [1.54, 1.807) is 11.8 Å². The smallest absolute Gasteiger partial charge is 0.267 e. The normalized spacial score (nSPS) is 18.3. The first kappa shape index (κ1) is 17.5. The van der Waals surface area contributed by atoms with Crippen LogP contribution in [0.15, 0.2) is 30.3 Å². The second-order valence-electron chi connectivity index (χ2n) is 6.26. The minimum atomic E-state index is -0.0692. The lowest BCUT2D eigenvalue weighted by molar-refractivity contribution is -0.133. The van der Waals surface area contributed by atoms with Gasteiger partial charge in [0.1, 0.15) is 4.88 Å². The topological polar surface area (TPSA) is 66.4 Å². The summed E-state index contributed by atoms with van der Waals surface area (Å²) in [7, 11) is 0. The molecule has 1 aromatic carbocycles. The average molecular weight is 358 g/mol. The van der Waals surface area contributed by atoms with Gasteiger partial charge in [-0.25, -0.2) is 0 Å². The Balaban J connectivity index is 1.79. The maximum atomic E-state index is 12.8. The molecule has 132 valence electrons. The SMILES string of the molecule is CC[C@H]1CN(C(=O)c2snnc2C)CCC(=O)N1Cc1ccccc1. The van der Waals surface area contributed by atoms with E-state index in [0.717, 1.165) is 23.5 Å². The highest BCUT2D eigenvalue weighted by atomic mass is 32.1. The number of benzene rings is 1. The first-order chi connectivity index (χ1) is 12.1. The van der Waals surface area contributed by atoms with Crippen LogP contribution in [0.1, 0.15) is 40.7 Å². The molecule has 1 atom stereocenters. The molecule has 0 bridgehead atoms. The Kier molecular flexibility index (Phi) is 5.43. The number of aromatic nitrogens is 2. The molecule has 25 heavy (non-hydrogen) atoms. The highest BCUT2D eigenvalue weighted by Crippen LogP contribution is 2.21. The van der Waals surface area contributed by atoms with Crippen molar-refractivity contribution in [1.29, 1.82) is 0 Å². The largest absolute Gasteiger partial charge is 0.335 e. The number of hydrogen-bond donors (Lipinski definition) is 0. The minimum absolute atomic E-state index is 0.0142. The summed E-state index contributed by atoms with van der Waals surface area (Å²) < 4.78 is 3.85. The molecular formula is C18H22N4O2S. The van der Waals surface area contributed by atoms with Crippen LogP contribution in [0.5, 0.6) is 0 Å². The molecule has 1 aliphatic rings. The van der Waals surface area contributed by atoms with Crippen LogP contribution >= 0.6 is 11.5 Å². The third-order valence-corrected chi connectivity index (χ3v) is 5.40. The fourth-order valence-electron chi connectivity index (χ4n) is 3.12. The minimum Gasteiger partial charge on any atom is -0.335 e. The van der Waals surface area contributed by atoms with Crippen LogP contribution < -0.4 is 0 Å². The van der Waals surface area contributed by atoms with E-state index in [-0.39, 0.29) is 17.9 Å². The van der Waals surface area contributed by atoms with Crippen molar-refractivity contribution in [2.45, 2.75) is 39.3 Å². The Morgan fingerprint density at radius 3 is 2.72 bits per heavy atom. The maximum Gasteiger partial charge on any atom is 0.267 e. The van der Waals surface area contributed by atoms with E-state index >= 15 is 0 Å². The zero-order valence-electron chi connectivity index (χ0n) is 14.5. The second-order valence-corrected chi connectivity index (χ2v) is 7.01. The van der Waals surface area contributed by atoms with Gasteiger partial charge in [0.2, 0.25) is 5.91 Å².